The van der Waals surface area contributed by atoms with Gasteiger partial charge in [-0.3, -0.25) is 10.1 Å². The van der Waals surface area contributed by atoms with Gasteiger partial charge in [-0.1, -0.05) is 54.1 Å². The van der Waals surface area contributed by atoms with Crippen molar-refractivity contribution in [3.8, 4) is 0 Å². The predicted molar refractivity (Wildman–Crippen MR) is 103 cm³/mol. The summed E-state index contributed by atoms with van der Waals surface area (Å²) in [5.74, 6) is -0.563. The van der Waals surface area contributed by atoms with Gasteiger partial charge in [0.1, 0.15) is 11.9 Å². The second-order valence-corrected chi connectivity index (χ2v) is 6.29. The lowest BCUT2D eigenvalue weighted by molar-refractivity contribution is -0.118. The molecule has 3 aromatic rings. The van der Waals surface area contributed by atoms with Crippen LogP contribution in [0.15, 0.2) is 78.9 Å². The third kappa shape index (κ3) is 4.91. The van der Waals surface area contributed by atoms with Crippen LogP contribution in [0.5, 0.6) is 0 Å². The zero-order valence-electron chi connectivity index (χ0n) is 14.0. The number of amides is 1. The van der Waals surface area contributed by atoms with Crippen molar-refractivity contribution in [1.29, 1.82) is 0 Å². The number of rotatable bonds is 6. The maximum Gasteiger partial charge on any atom is 0.246 e. The van der Waals surface area contributed by atoms with Gasteiger partial charge in [0.25, 0.3) is 0 Å². The fourth-order valence-electron chi connectivity index (χ4n) is 2.62. The van der Waals surface area contributed by atoms with E-state index in [9.17, 15) is 9.18 Å². The van der Waals surface area contributed by atoms with E-state index >= 15 is 0 Å². The molecule has 0 radical (unpaired) electrons. The molecule has 0 fully saturated rings. The van der Waals surface area contributed by atoms with Gasteiger partial charge in [-0.2, -0.15) is 0 Å². The highest BCUT2D eigenvalue weighted by atomic mass is 35.5. The first-order valence-electron chi connectivity index (χ1n) is 8.21. The van der Waals surface area contributed by atoms with Gasteiger partial charge in [-0.15, -0.1) is 0 Å². The number of carbonyl (C=O) groups excluding carboxylic acids is 1. The van der Waals surface area contributed by atoms with E-state index in [0.717, 1.165) is 11.1 Å². The molecule has 0 spiro atoms. The van der Waals surface area contributed by atoms with Gasteiger partial charge in [0.05, 0.1) is 0 Å². The van der Waals surface area contributed by atoms with Crippen molar-refractivity contribution >= 4 is 23.2 Å². The number of halogens is 2. The first kappa shape index (κ1) is 18.1. The van der Waals surface area contributed by atoms with Crippen molar-refractivity contribution in [2.75, 3.05) is 5.32 Å². The summed E-state index contributed by atoms with van der Waals surface area (Å²) in [7, 11) is 0. The van der Waals surface area contributed by atoms with E-state index in [1.165, 1.54) is 24.3 Å². The van der Waals surface area contributed by atoms with Gasteiger partial charge in [-0.05, 0) is 47.5 Å². The van der Waals surface area contributed by atoms with Crippen LogP contribution in [0.3, 0.4) is 0 Å². The van der Waals surface area contributed by atoms with E-state index < -0.39 is 6.04 Å². The molecule has 3 rings (SSSR count). The second-order valence-electron chi connectivity index (χ2n) is 5.85. The molecular formula is C21H18ClFN2O. The molecule has 3 aromatic carbocycles. The first-order chi connectivity index (χ1) is 12.6. The summed E-state index contributed by atoms with van der Waals surface area (Å²) in [5, 5.41) is 6.74. The highest BCUT2D eigenvalue weighted by molar-refractivity contribution is 6.30. The second kappa shape index (κ2) is 8.61. The molecule has 0 aromatic heterocycles. The molecule has 26 heavy (non-hydrogen) atoms. The Morgan fingerprint density at radius 2 is 1.69 bits per heavy atom. The first-order valence-corrected chi connectivity index (χ1v) is 8.59. The number of anilines is 1. The van der Waals surface area contributed by atoms with Crippen molar-refractivity contribution < 1.29 is 9.18 Å². The lowest BCUT2D eigenvalue weighted by Gasteiger charge is -2.19. The largest absolute Gasteiger partial charge is 0.324 e. The molecule has 0 aliphatic rings. The Morgan fingerprint density at radius 3 is 2.38 bits per heavy atom. The molecule has 0 aliphatic heterocycles. The SMILES string of the molecule is O=C(Nc1ccc(F)cc1)[C@@H](NCc1cccc(Cl)c1)c1ccccc1. The molecule has 3 nitrogen and oxygen atoms in total. The summed E-state index contributed by atoms with van der Waals surface area (Å²) < 4.78 is 13.1. The third-order valence-electron chi connectivity index (χ3n) is 3.91. The molecule has 5 heteroatoms. The Morgan fingerprint density at radius 1 is 0.962 bits per heavy atom. The summed E-state index contributed by atoms with van der Waals surface area (Å²) >= 11 is 6.02. The molecule has 0 saturated carbocycles. The van der Waals surface area contributed by atoms with E-state index in [-0.39, 0.29) is 11.7 Å². The average molecular weight is 369 g/mol. The third-order valence-corrected chi connectivity index (χ3v) is 4.14. The van der Waals surface area contributed by atoms with Crippen LogP contribution in [0.25, 0.3) is 0 Å². The smallest absolute Gasteiger partial charge is 0.246 e. The minimum absolute atomic E-state index is 0.218. The number of benzene rings is 3. The summed E-state index contributed by atoms with van der Waals surface area (Å²) in [6.07, 6.45) is 0. The standard InChI is InChI=1S/C21H18ClFN2O/c22-17-8-4-5-15(13-17)14-24-20(16-6-2-1-3-7-16)21(26)25-19-11-9-18(23)10-12-19/h1-13,20,24H,14H2,(H,25,26)/t20-/m0/s1. The minimum atomic E-state index is -0.555. The summed E-state index contributed by atoms with van der Waals surface area (Å²) in [4.78, 5) is 12.8. The van der Waals surface area contributed by atoms with Gasteiger partial charge in [-0.25, -0.2) is 4.39 Å². The van der Waals surface area contributed by atoms with Gasteiger partial charge in [0.2, 0.25) is 5.91 Å². The van der Waals surface area contributed by atoms with E-state index in [1.54, 1.807) is 6.07 Å². The van der Waals surface area contributed by atoms with Crippen molar-refractivity contribution in [3.05, 3.63) is 101 Å². The van der Waals surface area contributed by atoms with Crippen molar-refractivity contribution in [2.24, 2.45) is 0 Å². The van der Waals surface area contributed by atoms with Crippen molar-refractivity contribution in [2.45, 2.75) is 12.6 Å². The zero-order chi connectivity index (χ0) is 18.4. The minimum Gasteiger partial charge on any atom is -0.324 e. The maximum atomic E-state index is 13.1. The summed E-state index contributed by atoms with van der Waals surface area (Å²) in [5.41, 5.74) is 2.36. The quantitative estimate of drug-likeness (QED) is 0.646. The molecule has 1 amide bonds. The predicted octanol–water partition coefficient (Wildman–Crippen LogP) is 4.95. The number of hydrogen-bond acceptors (Lipinski definition) is 2. The van der Waals surface area contributed by atoms with E-state index in [0.29, 0.717) is 17.3 Å². The highest BCUT2D eigenvalue weighted by Gasteiger charge is 2.20. The Bertz CT molecular complexity index is 869. The number of carbonyl (C=O) groups is 1. The lowest BCUT2D eigenvalue weighted by atomic mass is 10.1. The fraction of sp³-hybridized carbons (Fsp3) is 0.0952. The number of hydrogen-bond donors (Lipinski definition) is 2. The summed E-state index contributed by atoms with van der Waals surface area (Å²) in [6, 6.07) is 22.1. The van der Waals surface area contributed by atoms with Crippen LogP contribution in [-0.2, 0) is 11.3 Å². The van der Waals surface area contributed by atoms with Gasteiger partial charge in [0, 0.05) is 17.3 Å². The fourth-order valence-corrected chi connectivity index (χ4v) is 2.83. The normalized spacial score (nSPS) is 11.8. The molecule has 0 bridgehead atoms. The molecular weight excluding hydrogens is 351 g/mol. The van der Waals surface area contributed by atoms with Gasteiger partial charge in [0.15, 0.2) is 0 Å². The monoisotopic (exact) mass is 368 g/mol. The molecule has 0 saturated heterocycles. The van der Waals surface area contributed by atoms with E-state index in [2.05, 4.69) is 10.6 Å². The van der Waals surface area contributed by atoms with Crippen LogP contribution in [0, 0.1) is 5.82 Å². The zero-order valence-corrected chi connectivity index (χ0v) is 14.7. The van der Waals surface area contributed by atoms with Gasteiger partial charge >= 0.3 is 0 Å². The van der Waals surface area contributed by atoms with Crippen LogP contribution >= 0.6 is 11.6 Å². The van der Waals surface area contributed by atoms with Gasteiger partial charge < -0.3 is 5.32 Å². The van der Waals surface area contributed by atoms with E-state index in [1.807, 2.05) is 48.5 Å². The Kier molecular flexibility index (Phi) is 6.00. The number of nitrogens with one attached hydrogen (secondary N) is 2. The Labute approximate surface area is 156 Å². The Hall–Kier alpha value is -2.69. The maximum absolute atomic E-state index is 13.1. The van der Waals surface area contributed by atoms with Crippen LogP contribution < -0.4 is 10.6 Å². The molecule has 0 aliphatic carbocycles. The van der Waals surface area contributed by atoms with Crippen LogP contribution in [0.4, 0.5) is 10.1 Å². The van der Waals surface area contributed by atoms with Crippen LogP contribution in [-0.4, -0.2) is 5.91 Å². The lowest BCUT2D eigenvalue weighted by Crippen LogP contribution is -2.32. The molecule has 132 valence electrons. The molecule has 2 N–H and O–H groups in total. The summed E-state index contributed by atoms with van der Waals surface area (Å²) in [6.45, 7) is 0.483. The molecule has 0 heterocycles. The van der Waals surface area contributed by atoms with E-state index in [4.69, 9.17) is 11.6 Å². The van der Waals surface area contributed by atoms with Crippen LogP contribution in [0.2, 0.25) is 5.02 Å². The molecule has 1 atom stereocenters. The molecule has 0 unspecified atom stereocenters. The highest BCUT2D eigenvalue weighted by Crippen LogP contribution is 2.18. The average Bonchev–Trinajstić information content (AvgIpc) is 2.65. The topological polar surface area (TPSA) is 41.1 Å². The van der Waals surface area contributed by atoms with Crippen LogP contribution in [0.1, 0.15) is 17.2 Å². The van der Waals surface area contributed by atoms with Crippen molar-refractivity contribution in [3.63, 3.8) is 0 Å². The Balaban J connectivity index is 1.76. The van der Waals surface area contributed by atoms with Crippen molar-refractivity contribution in [1.82, 2.24) is 5.32 Å².